The van der Waals surface area contributed by atoms with Crippen molar-refractivity contribution in [3.63, 3.8) is 0 Å². The van der Waals surface area contributed by atoms with Gasteiger partial charge in [-0.25, -0.2) is 0 Å². The molecule has 4 rings (SSSR count). The van der Waals surface area contributed by atoms with Gasteiger partial charge < -0.3 is 9.84 Å². The number of aromatic nitrogens is 5. The van der Waals surface area contributed by atoms with Gasteiger partial charge in [0, 0.05) is 11.4 Å². The average Bonchev–Trinajstić information content (AvgIpc) is 3.18. The SMILES string of the molecule is c1cc2c(s1)CCNC2c1nc(-c2cn[nH]n2)no1. The molecule has 0 aromatic carbocycles. The second-order valence-corrected chi connectivity index (χ2v) is 5.25. The van der Waals surface area contributed by atoms with Crippen molar-refractivity contribution >= 4 is 11.3 Å². The largest absolute Gasteiger partial charge is 0.337 e. The van der Waals surface area contributed by atoms with Gasteiger partial charge in [0.25, 0.3) is 0 Å². The zero-order valence-electron chi connectivity index (χ0n) is 9.83. The highest BCUT2D eigenvalue weighted by Gasteiger charge is 2.27. The Morgan fingerprint density at radius 1 is 1.42 bits per heavy atom. The third kappa shape index (κ3) is 1.76. The molecule has 1 aliphatic rings. The normalized spacial score (nSPS) is 18.4. The molecule has 0 radical (unpaired) electrons. The van der Waals surface area contributed by atoms with Crippen LogP contribution in [0.3, 0.4) is 0 Å². The highest BCUT2D eigenvalue weighted by Crippen LogP contribution is 2.31. The maximum absolute atomic E-state index is 5.35. The van der Waals surface area contributed by atoms with E-state index in [1.165, 1.54) is 10.4 Å². The number of hydrogen-bond acceptors (Lipinski definition) is 7. The van der Waals surface area contributed by atoms with Crippen LogP contribution in [-0.4, -0.2) is 32.1 Å². The van der Waals surface area contributed by atoms with E-state index in [1.807, 2.05) is 0 Å². The number of nitrogens with one attached hydrogen (secondary N) is 2. The Kier molecular flexibility index (Phi) is 2.42. The molecule has 0 spiro atoms. The van der Waals surface area contributed by atoms with E-state index in [1.54, 1.807) is 17.5 Å². The van der Waals surface area contributed by atoms with E-state index in [2.05, 4.69) is 42.3 Å². The van der Waals surface area contributed by atoms with E-state index in [9.17, 15) is 0 Å². The lowest BCUT2D eigenvalue weighted by Crippen LogP contribution is -2.29. The Morgan fingerprint density at radius 3 is 3.32 bits per heavy atom. The third-order valence-corrected chi connectivity index (χ3v) is 4.12. The van der Waals surface area contributed by atoms with Crippen molar-refractivity contribution in [3.8, 4) is 11.5 Å². The summed E-state index contributed by atoms with van der Waals surface area (Å²) in [7, 11) is 0. The van der Waals surface area contributed by atoms with Crippen LogP contribution >= 0.6 is 11.3 Å². The summed E-state index contributed by atoms with van der Waals surface area (Å²) in [5.41, 5.74) is 1.81. The number of fused-ring (bicyclic) bond motifs is 1. The van der Waals surface area contributed by atoms with Crippen molar-refractivity contribution in [2.45, 2.75) is 12.5 Å². The van der Waals surface area contributed by atoms with Crippen LogP contribution in [0, 0.1) is 0 Å². The first-order valence-corrected chi connectivity index (χ1v) is 6.79. The van der Waals surface area contributed by atoms with Crippen LogP contribution in [0.15, 0.2) is 22.2 Å². The fraction of sp³-hybridized carbons (Fsp3) is 0.273. The molecule has 0 aliphatic carbocycles. The first-order valence-electron chi connectivity index (χ1n) is 5.91. The number of thiophene rings is 1. The van der Waals surface area contributed by atoms with Crippen LogP contribution in [-0.2, 0) is 6.42 Å². The number of aromatic amines is 1. The predicted octanol–water partition coefficient (Wildman–Crippen LogP) is 1.15. The Morgan fingerprint density at radius 2 is 2.42 bits per heavy atom. The van der Waals surface area contributed by atoms with Crippen molar-refractivity contribution in [2.75, 3.05) is 6.54 Å². The quantitative estimate of drug-likeness (QED) is 0.728. The molecule has 1 unspecified atom stereocenters. The van der Waals surface area contributed by atoms with Gasteiger partial charge in [-0.1, -0.05) is 5.16 Å². The molecule has 1 aliphatic heterocycles. The van der Waals surface area contributed by atoms with Crippen molar-refractivity contribution in [1.29, 1.82) is 0 Å². The number of nitrogens with zero attached hydrogens (tertiary/aromatic N) is 4. The smallest absolute Gasteiger partial charge is 0.248 e. The second-order valence-electron chi connectivity index (χ2n) is 4.25. The van der Waals surface area contributed by atoms with E-state index in [4.69, 9.17) is 4.52 Å². The number of hydrogen-bond donors (Lipinski definition) is 2. The molecule has 0 saturated carbocycles. The lowest BCUT2D eigenvalue weighted by molar-refractivity contribution is 0.344. The zero-order valence-corrected chi connectivity index (χ0v) is 10.6. The zero-order chi connectivity index (χ0) is 12.7. The summed E-state index contributed by atoms with van der Waals surface area (Å²) in [4.78, 5) is 5.78. The Balaban J connectivity index is 1.71. The van der Waals surface area contributed by atoms with Crippen molar-refractivity contribution in [2.24, 2.45) is 0 Å². The molecule has 3 aromatic heterocycles. The molecule has 0 saturated heterocycles. The minimum Gasteiger partial charge on any atom is -0.337 e. The van der Waals surface area contributed by atoms with Gasteiger partial charge in [-0.05, 0) is 23.4 Å². The molecule has 2 N–H and O–H groups in total. The van der Waals surface area contributed by atoms with Gasteiger partial charge in [-0.15, -0.1) is 11.3 Å². The van der Waals surface area contributed by atoms with Crippen molar-refractivity contribution < 1.29 is 4.52 Å². The van der Waals surface area contributed by atoms with E-state index in [0.717, 1.165) is 13.0 Å². The standard InChI is InChI=1S/C11H10N6OS/c1-3-12-9(6-2-4-19-8(1)6)11-14-10(16-18-11)7-5-13-17-15-7/h2,4-5,9,12H,1,3H2,(H,13,15,17). The molecule has 8 heteroatoms. The molecule has 0 amide bonds. The number of rotatable bonds is 2. The monoisotopic (exact) mass is 274 g/mol. The summed E-state index contributed by atoms with van der Waals surface area (Å²) in [5, 5.41) is 19.7. The Bertz CT molecular complexity index is 688. The Hall–Kier alpha value is -2.06. The van der Waals surface area contributed by atoms with Gasteiger partial charge in [0.1, 0.15) is 6.04 Å². The molecule has 19 heavy (non-hydrogen) atoms. The molecular weight excluding hydrogens is 264 g/mol. The van der Waals surface area contributed by atoms with Crippen LogP contribution in [0.1, 0.15) is 22.4 Å². The highest BCUT2D eigenvalue weighted by atomic mass is 32.1. The average molecular weight is 274 g/mol. The molecule has 0 fully saturated rings. The Labute approximate surface area is 112 Å². The van der Waals surface area contributed by atoms with Gasteiger partial charge in [-0.3, -0.25) is 0 Å². The fourth-order valence-corrected chi connectivity index (χ4v) is 3.16. The summed E-state index contributed by atoms with van der Waals surface area (Å²) in [6.45, 7) is 0.917. The maximum Gasteiger partial charge on any atom is 0.248 e. The summed E-state index contributed by atoms with van der Waals surface area (Å²) in [5.74, 6) is 1.02. The fourth-order valence-electron chi connectivity index (χ4n) is 2.24. The lowest BCUT2D eigenvalue weighted by atomic mass is 10.0. The highest BCUT2D eigenvalue weighted by molar-refractivity contribution is 7.10. The summed E-state index contributed by atoms with van der Waals surface area (Å²) in [6.07, 6.45) is 2.62. The minimum atomic E-state index is -0.0249. The van der Waals surface area contributed by atoms with Crippen LogP contribution < -0.4 is 5.32 Å². The van der Waals surface area contributed by atoms with Crippen molar-refractivity contribution in [3.05, 3.63) is 34.0 Å². The third-order valence-electron chi connectivity index (χ3n) is 3.12. The van der Waals surface area contributed by atoms with Gasteiger partial charge in [0.2, 0.25) is 11.7 Å². The minimum absolute atomic E-state index is 0.0249. The molecule has 1 atom stereocenters. The van der Waals surface area contributed by atoms with E-state index < -0.39 is 0 Å². The molecular formula is C11H10N6OS. The van der Waals surface area contributed by atoms with Crippen LogP contribution in [0.25, 0.3) is 11.5 Å². The van der Waals surface area contributed by atoms with Gasteiger partial charge in [0.15, 0.2) is 5.69 Å². The van der Waals surface area contributed by atoms with Crippen LogP contribution in [0.4, 0.5) is 0 Å². The summed E-state index contributed by atoms with van der Waals surface area (Å²) < 4.78 is 5.35. The van der Waals surface area contributed by atoms with Gasteiger partial charge >= 0.3 is 0 Å². The van der Waals surface area contributed by atoms with Crippen LogP contribution in [0.5, 0.6) is 0 Å². The number of H-pyrrole nitrogens is 1. The first kappa shape index (κ1) is 10.8. The predicted molar refractivity (Wildman–Crippen MR) is 67.5 cm³/mol. The molecule has 7 nitrogen and oxygen atoms in total. The molecule has 4 heterocycles. The van der Waals surface area contributed by atoms with Crippen LogP contribution in [0.2, 0.25) is 0 Å². The van der Waals surface area contributed by atoms with Gasteiger partial charge in [-0.2, -0.15) is 20.4 Å². The van der Waals surface area contributed by atoms with Crippen molar-refractivity contribution in [1.82, 2.24) is 30.9 Å². The molecule has 3 aromatic rings. The summed E-state index contributed by atoms with van der Waals surface area (Å²) in [6, 6.07) is 2.08. The first-order chi connectivity index (χ1) is 9.42. The maximum atomic E-state index is 5.35. The summed E-state index contributed by atoms with van der Waals surface area (Å²) >= 11 is 1.77. The lowest BCUT2D eigenvalue weighted by Gasteiger charge is -2.20. The van der Waals surface area contributed by atoms with E-state index >= 15 is 0 Å². The van der Waals surface area contributed by atoms with Gasteiger partial charge in [0.05, 0.1) is 6.20 Å². The molecule has 0 bridgehead atoms. The van der Waals surface area contributed by atoms with E-state index in [0.29, 0.717) is 17.4 Å². The topological polar surface area (TPSA) is 92.5 Å². The van der Waals surface area contributed by atoms with E-state index in [-0.39, 0.29) is 6.04 Å². The second kappa shape index (κ2) is 4.25. The molecule has 96 valence electrons.